The van der Waals surface area contributed by atoms with E-state index in [9.17, 15) is 18.0 Å². The number of benzene rings is 3. The highest BCUT2D eigenvalue weighted by molar-refractivity contribution is 6.33. The van der Waals surface area contributed by atoms with E-state index in [4.69, 9.17) is 11.6 Å². The molecule has 4 nitrogen and oxygen atoms in total. The van der Waals surface area contributed by atoms with Crippen LogP contribution in [0, 0.1) is 0 Å². The van der Waals surface area contributed by atoms with E-state index in [1.807, 2.05) is 30.5 Å². The summed E-state index contributed by atoms with van der Waals surface area (Å²) in [6.45, 7) is 0.415. The summed E-state index contributed by atoms with van der Waals surface area (Å²) < 4.78 is 41.0. The van der Waals surface area contributed by atoms with Crippen LogP contribution in [-0.4, -0.2) is 14.5 Å². The fraction of sp³-hybridized carbons (Fsp3) is 0.120. The summed E-state index contributed by atoms with van der Waals surface area (Å²) in [5.74, 6) is 0. The maximum atomic E-state index is 13.2. The Morgan fingerprint density at radius 2 is 1.82 bits per heavy atom. The van der Waals surface area contributed by atoms with Gasteiger partial charge in [0.25, 0.3) is 5.56 Å². The normalized spacial score (nSPS) is 12.0. The van der Waals surface area contributed by atoms with Crippen LogP contribution in [0.4, 0.5) is 13.2 Å². The van der Waals surface area contributed by atoms with Crippen molar-refractivity contribution in [2.45, 2.75) is 19.1 Å². The Kier molecular flexibility index (Phi) is 5.21. The molecule has 3 aromatic carbocycles. The molecule has 1 N–H and O–H groups in total. The number of nitrogens with zero attached hydrogens (tertiary/aromatic N) is 2. The molecule has 5 rings (SSSR count). The van der Waals surface area contributed by atoms with Crippen molar-refractivity contribution in [2.24, 2.45) is 0 Å². The molecule has 0 atom stereocenters. The number of para-hydroxylation sites is 1. The predicted octanol–water partition coefficient (Wildman–Crippen LogP) is 6.46. The molecule has 8 heteroatoms. The highest BCUT2D eigenvalue weighted by Gasteiger charge is 2.31. The van der Waals surface area contributed by atoms with E-state index in [1.165, 1.54) is 17.0 Å². The zero-order valence-corrected chi connectivity index (χ0v) is 17.9. The Labute approximate surface area is 191 Å². The molecule has 0 aliphatic carbocycles. The smallest absolute Gasteiger partial charge is 0.361 e. The second-order valence-electron chi connectivity index (χ2n) is 7.78. The number of rotatable bonds is 4. The van der Waals surface area contributed by atoms with Crippen molar-refractivity contribution in [3.05, 3.63) is 99.7 Å². The van der Waals surface area contributed by atoms with Gasteiger partial charge in [0.05, 0.1) is 22.8 Å². The van der Waals surface area contributed by atoms with Crippen molar-refractivity contribution in [1.29, 1.82) is 0 Å². The molecule has 2 heterocycles. The number of fused-ring (bicyclic) bond motifs is 2. The Bertz CT molecular complexity index is 1550. The number of hydrogen-bond donors (Lipinski definition) is 1. The van der Waals surface area contributed by atoms with Gasteiger partial charge in [-0.2, -0.15) is 13.2 Å². The molecule has 5 aromatic rings. The summed E-state index contributed by atoms with van der Waals surface area (Å²) >= 11 is 6.19. The first-order chi connectivity index (χ1) is 15.8. The number of nitrogens with one attached hydrogen (secondary N) is 1. The molecule has 0 unspecified atom stereocenters. The number of aromatic nitrogens is 3. The monoisotopic (exact) mass is 467 g/mol. The first-order valence-corrected chi connectivity index (χ1v) is 10.6. The molecule has 0 fully saturated rings. The molecular formula is C25H17ClF3N3O. The number of halogens is 4. The van der Waals surface area contributed by atoms with E-state index in [-0.39, 0.29) is 16.1 Å². The lowest BCUT2D eigenvalue weighted by molar-refractivity contribution is -0.137. The lowest BCUT2D eigenvalue weighted by atomic mass is 10.0. The van der Waals surface area contributed by atoms with Crippen LogP contribution in [-0.2, 0) is 19.1 Å². The van der Waals surface area contributed by atoms with Gasteiger partial charge in [0.2, 0.25) is 0 Å². The van der Waals surface area contributed by atoms with Crippen molar-refractivity contribution >= 4 is 33.4 Å². The van der Waals surface area contributed by atoms with Crippen LogP contribution < -0.4 is 5.56 Å². The highest BCUT2D eigenvalue weighted by Crippen LogP contribution is 2.36. The van der Waals surface area contributed by atoms with Crippen LogP contribution in [0.5, 0.6) is 0 Å². The molecule has 2 aromatic heterocycles. The second-order valence-corrected chi connectivity index (χ2v) is 8.18. The van der Waals surface area contributed by atoms with Gasteiger partial charge in [-0.05, 0) is 53.9 Å². The van der Waals surface area contributed by atoms with E-state index in [1.54, 1.807) is 18.2 Å². The lowest BCUT2D eigenvalue weighted by Gasteiger charge is -2.12. The minimum absolute atomic E-state index is 0.172. The third-order valence-corrected chi connectivity index (χ3v) is 6.06. The zero-order chi connectivity index (χ0) is 23.2. The summed E-state index contributed by atoms with van der Waals surface area (Å²) in [6.07, 6.45) is -0.447. The Morgan fingerprint density at radius 1 is 1.00 bits per heavy atom. The number of hydrogen-bond acceptors (Lipinski definition) is 2. The Balaban J connectivity index is 1.51. The van der Waals surface area contributed by atoms with Crippen molar-refractivity contribution < 1.29 is 13.2 Å². The molecule has 0 amide bonds. The molecule has 0 saturated carbocycles. The van der Waals surface area contributed by atoms with Gasteiger partial charge >= 0.3 is 6.18 Å². The third kappa shape index (κ3) is 4.00. The molecule has 0 aliphatic heterocycles. The molecule has 0 saturated heterocycles. The zero-order valence-electron chi connectivity index (χ0n) is 17.2. The minimum atomic E-state index is -4.49. The van der Waals surface area contributed by atoms with Gasteiger partial charge in [0.15, 0.2) is 0 Å². The standard InChI is InChI=1S/C25H17ClF3N3O/c26-21-7-6-17(25(27,28)29)12-19(21)15-5-8-23-20(11-15)24(33)32(14-31-23)10-9-16-13-30-22-4-2-1-3-18(16)22/h1-8,11-14,30H,9-10H2. The van der Waals surface area contributed by atoms with Gasteiger partial charge < -0.3 is 4.98 Å². The fourth-order valence-electron chi connectivity index (χ4n) is 3.99. The summed E-state index contributed by atoms with van der Waals surface area (Å²) in [5.41, 5.74) is 2.15. The van der Waals surface area contributed by atoms with Crippen LogP contribution >= 0.6 is 11.6 Å². The number of aryl methyl sites for hydroxylation is 2. The third-order valence-electron chi connectivity index (χ3n) is 5.73. The van der Waals surface area contributed by atoms with Gasteiger partial charge in [0.1, 0.15) is 0 Å². The summed E-state index contributed by atoms with van der Waals surface area (Å²) in [4.78, 5) is 20.7. The van der Waals surface area contributed by atoms with Crippen molar-refractivity contribution in [3.63, 3.8) is 0 Å². The van der Waals surface area contributed by atoms with Gasteiger partial charge in [-0.25, -0.2) is 4.98 Å². The molecule has 0 bridgehead atoms. The first-order valence-electron chi connectivity index (χ1n) is 10.2. The maximum absolute atomic E-state index is 13.2. The predicted molar refractivity (Wildman–Crippen MR) is 123 cm³/mol. The molecule has 0 spiro atoms. The SMILES string of the molecule is O=c1c2cc(-c3cc(C(F)(F)F)ccc3Cl)ccc2ncn1CCc1c[nH]c2ccccc12. The van der Waals surface area contributed by atoms with E-state index in [0.29, 0.717) is 29.4 Å². The Hall–Kier alpha value is -3.58. The minimum Gasteiger partial charge on any atom is -0.361 e. The van der Waals surface area contributed by atoms with Crippen molar-refractivity contribution in [3.8, 4) is 11.1 Å². The number of alkyl halides is 3. The van der Waals surface area contributed by atoms with E-state index >= 15 is 0 Å². The van der Waals surface area contributed by atoms with E-state index in [0.717, 1.165) is 28.6 Å². The summed E-state index contributed by atoms with van der Waals surface area (Å²) in [6, 6.07) is 15.9. The maximum Gasteiger partial charge on any atom is 0.416 e. The first kappa shape index (κ1) is 21.3. The molecule has 33 heavy (non-hydrogen) atoms. The van der Waals surface area contributed by atoms with Crippen LogP contribution in [0.25, 0.3) is 32.9 Å². The molecular weight excluding hydrogens is 451 g/mol. The average molecular weight is 468 g/mol. The summed E-state index contributed by atoms with van der Waals surface area (Å²) in [5, 5.41) is 1.59. The Morgan fingerprint density at radius 3 is 2.64 bits per heavy atom. The second kappa shape index (κ2) is 8.08. The lowest BCUT2D eigenvalue weighted by Crippen LogP contribution is -2.21. The quantitative estimate of drug-likeness (QED) is 0.330. The molecule has 166 valence electrons. The van der Waals surface area contributed by atoms with Gasteiger partial charge in [-0.1, -0.05) is 35.9 Å². The largest absolute Gasteiger partial charge is 0.416 e. The van der Waals surface area contributed by atoms with Crippen LogP contribution in [0.15, 0.2) is 78.0 Å². The topological polar surface area (TPSA) is 50.7 Å². The van der Waals surface area contributed by atoms with Crippen molar-refractivity contribution in [2.75, 3.05) is 0 Å². The number of H-pyrrole nitrogens is 1. The fourth-order valence-corrected chi connectivity index (χ4v) is 4.21. The van der Waals surface area contributed by atoms with Gasteiger partial charge in [0, 0.05) is 34.2 Å². The van der Waals surface area contributed by atoms with Crippen LogP contribution in [0.3, 0.4) is 0 Å². The van der Waals surface area contributed by atoms with E-state index in [2.05, 4.69) is 9.97 Å². The van der Waals surface area contributed by atoms with E-state index < -0.39 is 11.7 Å². The highest BCUT2D eigenvalue weighted by atomic mass is 35.5. The van der Waals surface area contributed by atoms with Crippen LogP contribution in [0.1, 0.15) is 11.1 Å². The number of aromatic amines is 1. The summed E-state index contributed by atoms with van der Waals surface area (Å²) in [7, 11) is 0. The molecule has 0 aliphatic rings. The van der Waals surface area contributed by atoms with Gasteiger partial charge in [-0.15, -0.1) is 0 Å². The van der Waals surface area contributed by atoms with Crippen LogP contribution in [0.2, 0.25) is 5.02 Å². The average Bonchev–Trinajstić information content (AvgIpc) is 3.21. The molecule has 0 radical (unpaired) electrons. The van der Waals surface area contributed by atoms with Crippen molar-refractivity contribution in [1.82, 2.24) is 14.5 Å². The van der Waals surface area contributed by atoms with Gasteiger partial charge in [-0.3, -0.25) is 9.36 Å².